The second-order valence-corrected chi connectivity index (χ2v) is 7.94. The van der Waals surface area contributed by atoms with Crippen molar-refractivity contribution in [3.63, 3.8) is 0 Å². The second-order valence-electron chi connectivity index (χ2n) is 7.94. The summed E-state index contributed by atoms with van der Waals surface area (Å²) >= 11 is 0. The molecule has 3 aromatic rings. The van der Waals surface area contributed by atoms with Crippen molar-refractivity contribution in [1.29, 1.82) is 0 Å². The molecule has 0 aliphatic carbocycles. The Kier molecular flexibility index (Phi) is 8.41. The number of carbonyl (C=O) groups excluding carboxylic acids is 1. The summed E-state index contributed by atoms with van der Waals surface area (Å²) in [7, 11) is 4.88. The Hall–Kier alpha value is -3.41. The largest absolute Gasteiger partial charge is 0.497 e. The van der Waals surface area contributed by atoms with Crippen LogP contribution in [-0.4, -0.2) is 33.8 Å². The average Bonchev–Trinajstić information content (AvgIpc) is 3.25. The number of nitrogens with one attached hydrogen (secondary N) is 1. The number of hydrogen-bond acceptors (Lipinski definition) is 5. The molecule has 1 amide bonds. The van der Waals surface area contributed by atoms with Gasteiger partial charge in [-0.25, -0.2) is 0 Å². The van der Waals surface area contributed by atoms with Crippen LogP contribution in [0.5, 0.6) is 17.2 Å². The molecule has 0 aliphatic rings. The number of ether oxygens (including phenoxy) is 3. The van der Waals surface area contributed by atoms with Gasteiger partial charge in [-0.1, -0.05) is 26.2 Å². The second kappa shape index (κ2) is 11.5. The van der Waals surface area contributed by atoms with E-state index in [0.29, 0.717) is 23.6 Å². The first-order valence-electron chi connectivity index (χ1n) is 11.3. The third-order valence-corrected chi connectivity index (χ3v) is 5.69. The van der Waals surface area contributed by atoms with Crippen LogP contribution >= 0.6 is 0 Å². The van der Waals surface area contributed by atoms with E-state index in [4.69, 9.17) is 18.6 Å². The molecule has 1 N–H and O–H groups in total. The molecular formula is C27H33NO5. The van der Waals surface area contributed by atoms with Gasteiger partial charge in [-0.05, 0) is 43.2 Å². The molecule has 33 heavy (non-hydrogen) atoms. The number of furan rings is 1. The summed E-state index contributed by atoms with van der Waals surface area (Å²) in [6.07, 6.45) is 7.80. The smallest absolute Gasteiger partial charge is 0.244 e. The predicted octanol–water partition coefficient (Wildman–Crippen LogP) is 6.23. The molecule has 0 saturated heterocycles. The van der Waals surface area contributed by atoms with Crippen LogP contribution in [-0.2, 0) is 4.79 Å². The highest BCUT2D eigenvalue weighted by Gasteiger charge is 2.17. The molecule has 0 spiro atoms. The Balaban J connectivity index is 1.96. The van der Waals surface area contributed by atoms with E-state index in [1.165, 1.54) is 12.8 Å². The van der Waals surface area contributed by atoms with Crippen molar-refractivity contribution in [2.75, 3.05) is 27.9 Å². The standard InChI is InChI=1S/C27H33NO5/c1-6-7-8-9-12-28-27(29)13-18(2)20-15-22-23(17-33-26(22)16-25(20)32-5)21-14-19(30-3)10-11-24(21)31-4/h10-11,13-17H,6-9,12H2,1-5H3,(H,28,29)/b18-13+. The lowest BCUT2D eigenvalue weighted by molar-refractivity contribution is -0.116. The zero-order valence-electron chi connectivity index (χ0n) is 20.1. The van der Waals surface area contributed by atoms with Gasteiger partial charge in [0.1, 0.15) is 22.8 Å². The molecule has 6 heteroatoms. The molecule has 0 atom stereocenters. The minimum Gasteiger partial charge on any atom is -0.497 e. The lowest BCUT2D eigenvalue weighted by Gasteiger charge is -2.12. The quantitative estimate of drug-likeness (QED) is 0.277. The molecule has 0 saturated carbocycles. The van der Waals surface area contributed by atoms with Crippen LogP contribution < -0.4 is 19.5 Å². The number of carbonyl (C=O) groups is 1. The highest BCUT2D eigenvalue weighted by atomic mass is 16.5. The molecule has 0 radical (unpaired) electrons. The summed E-state index contributed by atoms with van der Waals surface area (Å²) in [5, 5.41) is 3.87. The van der Waals surface area contributed by atoms with Gasteiger partial charge in [0.05, 0.1) is 27.6 Å². The van der Waals surface area contributed by atoms with Crippen molar-refractivity contribution in [1.82, 2.24) is 5.32 Å². The number of allylic oxidation sites excluding steroid dienone is 1. The molecule has 3 rings (SSSR count). The Morgan fingerprint density at radius 2 is 1.76 bits per heavy atom. The van der Waals surface area contributed by atoms with Crippen molar-refractivity contribution in [3.8, 4) is 28.4 Å². The van der Waals surface area contributed by atoms with Gasteiger partial charge in [-0.2, -0.15) is 0 Å². The van der Waals surface area contributed by atoms with Crippen LogP contribution in [0.1, 0.15) is 45.1 Å². The van der Waals surface area contributed by atoms with E-state index in [2.05, 4.69) is 12.2 Å². The summed E-state index contributed by atoms with van der Waals surface area (Å²) in [4.78, 5) is 12.4. The number of hydrogen-bond donors (Lipinski definition) is 1. The van der Waals surface area contributed by atoms with Crippen LogP contribution in [0, 0.1) is 0 Å². The van der Waals surface area contributed by atoms with Gasteiger partial charge >= 0.3 is 0 Å². The summed E-state index contributed by atoms with van der Waals surface area (Å²) in [6.45, 7) is 4.76. The Morgan fingerprint density at radius 1 is 0.970 bits per heavy atom. The van der Waals surface area contributed by atoms with Crippen molar-refractivity contribution < 1.29 is 23.4 Å². The maximum absolute atomic E-state index is 12.4. The van der Waals surface area contributed by atoms with Crippen LogP contribution in [0.4, 0.5) is 0 Å². The van der Waals surface area contributed by atoms with Gasteiger partial charge in [-0.3, -0.25) is 4.79 Å². The molecule has 6 nitrogen and oxygen atoms in total. The molecule has 0 unspecified atom stereocenters. The molecule has 1 aromatic heterocycles. The van der Waals surface area contributed by atoms with Crippen LogP contribution in [0.3, 0.4) is 0 Å². The molecule has 0 fully saturated rings. The maximum atomic E-state index is 12.4. The van der Waals surface area contributed by atoms with Gasteiger partial charge < -0.3 is 23.9 Å². The summed E-state index contributed by atoms with van der Waals surface area (Å²) in [6, 6.07) is 9.48. The van der Waals surface area contributed by atoms with Gasteiger partial charge in [0, 0.05) is 40.8 Å². The normalized spacial score (nSPS) is 11.5. The van der Waals surface area contributed by atoms with Crippen molar-refractivity contribution >= 4 is 22.4 Å². The van der Waals surface area contributed by atoms with Crippen molar-refractivity contribution in [2.24, 2.45) is 0 Å². The number of amides is 1. The van der Waals surface area contributed by atoms with Crippen LogP contribution in [0.15, 0.2) is 47.1 Å². The minimum atomic E-state index is -0.104. The molecular weight excluding hydrogens is 418 g/mol. The zero-order chi connectivity index (χ0) is 23.8. The van der Waals surface area contributed by atoms with Gasteiger partial charge in [0.25, 0.3) is 0 Å². The van der Waals surface area contributed by atoms with E-state index in [0.717, 1.165) is 46.2 Å². The average molecular weight is 452 g/mol. The van der Waals surface area contributed by atoms with E-state index in [1.54, 1.807) is 33.7 Å². The van der Waals surface area contributed by atoms with E-state index in [-0.39, 0.29) is 5.91 Å². The summed E-state index contributed by atoms with van der Waals surface area (Å²) in [5.41, 5.74) is 4.06. The monoisotopic (exact) mass is 451 g/mol. The topological polar surface area (TPSA) is 69.9 Å². The van der Waals surface area contributed by atoms with Gasteiger partial charge in [0.2, 0.25) is 5.91 Å². The number of unbranched alkanes of at least 4 members (excludes halogenated alkanes) is 3. The lowest BCUT2D eigenvalue weighted by atomic mass is 9.98. The fourth-order valence-corrected chi connectivity index (χ4v) is 3.85. The van der Waals surface area contributed by atoms with Gasteiger partial charge in [-0.15, -0.1) is 0 Å². The maximum Gasteiger partial charge on any atom is 0.244 e. The zero-order valence-corrected chi connectivity index (χ0v) is 20.1. The molecule has 1 heterocycles. The predicted molar refractivity (Wildman–Crippen MR) is 132 cm³/mol. The Bertz CT molecular complexity index is 1130. The van der Waals surface area contributed by atoms with Crippen LogP contribution in [0.2, 0.25) is 0 Å². The van der Waals surface area contributed by atoms with Gasteiger partial charge in [0.15, 0.2) is 0 Å². The molecule has 2 aromatic carbocycles. The Labute approximate surface area is 195 Å². The number of benzene rings is 2. The van der Waals surface area contributed by atoms with E-state index >= 15 is 0 Å². The molecule has 0 aliphatic heterocycles. The van der Waals surface area contributed by atoms with Crippen molar-refractivity contribution in [3.05, 3.63) is 48.2 Å². The lowest BCUT2D eigenvalue weighted by Crippen LogP contribution is -2.22. The highest BCUT2D eigenvalue weighted by molar-refractivity contribution is 6.01. The van der Waals surface area contributed by atoms with E-state index in [1.807, 2.05) is 37.3 Å². The highest BCUT2D eigenvalue weighted by Crippen LogP contribution is 2.41. The van der Waals surface area contributed by atoms with Crippen LogP contribution in [0.25, 0.3) is 27.7 Å². The third-order valence-electron chi connectivity index (χ3n) is 5.69. The fraction of sp³-hybridized carbons (Fsp3) is 0.370. The molecule has 0 bridgehead atoms. The van der Waals surface area contributed by atoms with E-state index < -0.39 is 0 Å². The number of methoxy groups -OCH3 is 3. The number of rotatable bonds is 11. The number of fused-ring (bicyclic) bond motifs is 1. The Morgan fingerprint density at radius 3 is 2.45 bits per heavy atom. The first-order chi connectivity index (χ1) is 16.0. The SMILES string of the molecule is CCCCCCNC(=O)/C=C(\C)c1cc2c(-c3cc(OC)ccc3OC)coc2cc1OC. The first-order valence-corrected chi connectivity index (χ1v) is 11.3. The third kappa shape index (κ3) is 5.69. The minimum absolute atomic E-state index is 0.104. The van der Waals surface area contributed by atoms with E-state index in [9.17, 15) is 4.79 Å². The molecule has 176 valence electrons. The fourth-order valence-electron chi connectivity index (χ4n) is 3.85. The summed E-state index contributed by atoms with van der Waals surface area (Å²) < 4.78 is 22.4. The summed E-state index contributed by atoms with van der Waals surface area (Å²) in [5.74, 6) is 1.98. The first kappa shape index (κ1) is 24.2. The van der Waals surface area contributed by atoms with Crippen molar-refractivity contribution in [2.45, 2.75) is 39.5 Å².